The number of carbonyl (C=O) groups excluding carboxylic acids is 1. The lowest BCUT2D eigenvalue weighted by molar-refractivity contribution is 0.196. The fourth-order valence-electron chi connectivity index (χ4n) is 2.08. The van der Waals surface area contributed by atoms with Gasteiger partial charge >= 0.3 is 6.03 Å². The Morgan fingerprint density at radius 3 is 3.21 bits per heavy atom. The molecule has 0 aromatic carbocycles. The average Bonchev–Trinajstić information content (AvgIpc) is 2.64. The Kier molecular flexibility index (Phi) is 2.61. The molecule has 1 aliphatic carbocycles. The number of allylic oxidation sites excluding steroid dienone is 1. The molecule has 4 nitrogen and oxygen atoms in total. The van der Waals surface area contributed by atoms with Crippen LogP contribution in [0.25, 0.3) is 0 Å². The first-order chi connectivity index (χ1) is 6.81. The van der Waals surface area contributed by atoms with E-state index in [0.717, 1.165) is 13.0 Å². The summed E-state index contributed by atoms with van der Waals surface area (Å²) in [5, 5.41) is 6.13. The van der Waals surface area contributed by atoms with Crippen molar-refractivity contribution in [1.29, 1.82) is 0 Å². The molecule has 0 fully saturated rings. The molecule has 2 N–H and O–H groups in total. The van der Waals surface area contributed by atoms with E-state index in [9.17, 15) is 4.79 Å². The number of amides is 2. The van der Waals surface area contributed by atoms with Gasteiger partial charge in [0.2, 0.25) is 0 Å². The number of urea groups is 1. The molecule has 2 rings (SSSR count). The quantitative estimate of drug-likeness (QED) is 0.656. The van der Waals surface area contributed by atoms with Crippen LogP contribution in [-0.2, 0) is 0 Å². The molecule has 2 aliphatic rings. The highest BCUT2D eigenvalue weighted by molar-refractivity contribution is 5.74. The maximum absolute atomic E-state index is 11.5. The summed E-state index contributed by atoms with van der Waals surface area (Å²) in [4.78, 5) is 13.4. The largest absolute Gasteiger partial charge is 0.371 e. The topological polar surface area (TPSA) is 44.4 Å². The van der Waals surface area contributed by atoms with E-state index in [1.807, 2.05) is 11.8 Å². The molecule has 1 aliphatic heterocycles. The lowest BCUT2D eigenvalue weighted by Crippen LogP contribution is -2.48. The molecule has 2 amide bonds. The first kappa shape index (κ1) is 9.37. The zero-order valence-corrected chi connectivity index (χ0v) is 8.60. The van der Waals surface area contributed by atoms with E-state index in [0.29, 0.717) is 13.2 Å². The summed E-state index contributed by atoms with van der Waals surface area (Å²) in [7, 11) is 0. The maximum Gasteiger partial charge on any atom is 0.319 e. The average molecular weight is 195 g/mol. The molecule has 78 valence electrons. The number of nitrogens with one attached hydrogen (secondary N) is 2. The van der Waals surface area contributed by atoms with Crippen molar-refractivity contribution in [2.75, 3.05) is 19.8 Å². The van der Waals surface area contributed by atoms with Crippen LogP contribution < -0.4 is 10.6 Å². The van der Waals surface area contributed by atoms with Gasteiger partial charge in [0, 0.05) is 18.8 Å². The second-order valence-corrected chi connectivity index (χ2v) is 3.80. The standard InChI is InChI=1S/C10H17N3O/c1-2-11-10(14)13-6-8-4-3-5-9(8)12-7-13/h12H,2-7H2,1H3,(H,11,14). The molecule has 0 radical (unpaired) electrons. The van der Waals surface area contributed by atoms with Gasteiger partial charge in [-0.15, -0.1) is 0 Å². The van der Waals surface area contributed by atoms with E-state index in [1.54, 1.807) is 0 Å². The highest BCUT2D eigenvalue weighted by Crippen LogP contribution is 2.26. The molecule has 0 aromatic heterocycles. The lowest BCUT2D eigenvalue weighted by atomic mass is 10.2. The minimum atomic E-state index is 0.0402. The van der Waals surface area contributed by atoms with Crippen LogP contribution in [0.2, 0.25) is 0 Å². The van der Waals surface area contributed by atoms with Crippen LogP contribution in [0.1, 0.15) is 26.2 Å². The van der Waals surface area contributed by atoms with Crippen LogP contribution >= 0.6 is 0 Å². The zero-order chi connectivity index (χ0) is 9.97. The normalized spacial score (nSPS) is 20.5. The van der Waals surface area contributed by atoms with E-state index in [4.69, 9.17) is 0 Å². The van der Waals surface area contributed by atoms with Crippen molar-refractivity contribution in [1.82, 2.24) is 15.5 Å². The van der Waals surface area contributed by atoms with Crippen molar-refractivity contribution in [3.05, 3.63) is 11.3 Å². The van der Waals surface area contributed by atoms with Gasteiger partial charge in [0.25, 0.3) is 0 Å². The fraction of sp³-hybridized carbons (Fsp3) is 0.700. The second-order valence-electron chi connectivity index (χ2n) is 3.80. The first-order valence-corrected chi connectivity index (χ1v) is 5.29. The Labute approximate surface area is 84.3 Å². The number of nitrogens with zero attached hydrogens (tertiary/aromatic N) is 1. The summed E-state index contributed by atoms with van der Waals surface area (Å²) in [6, 6.07) is 0.0402. The van der Waals surface area contributed by atoms with Crippen molar-refractivity contribution in [3.8, 4) is 0 Å². The summed E-state index contributed by atoms with van der Waals surface area (Å²) in [6.07, 6.45) is 3.55. The molecule has 14 heavy (non-hydrogen) atoms. The Hall–Kier alpha value is -1.19. The molecular weight excluding hydrogens is 178 g/mol. The molecule has 0 saturated carbocycles. The van der Waals surface area contributed by atoms with E-state index >= 15 is 0 Å². The molecule has 4 heteroatoms. The summed E-state index contributed by atoms with van der Waals surface area (Å²) in [5.74, 6) is 0. The number of hydrogen-bond acceptors (Lipinski definition) is 2. The van der Waals surface area contributed by atoms with Crippen molar-refractivity contribution in [3.63, 3.8) is 0 Å². The summed E-state index contributed by atoms with van der Waals surface area (Å²) >= 11 is 0. The van der Waals surface area contributed by atoms with Crippen LogP contribution in [0, 0.1) is 0 Å². The third-order valence-electron chi connectivity index (χ3n) is 2.81. The van der Waals surface area contributed by atoms with Gasteiger partial charge in [-0.25, -0.2) is 4.79 Å². The number of carbonyl (C=O) groups is 1. The smallest absolute Gasteiger partial charge is 0.319 e. The summed E-state index contributed by atoms with van der Waals surface area (Å²) in [6.45, 7) is 4.11. The van der Waals surface area contributed by atoms with Crippen LogP contribution in [0.5, 0.6) is 0 Å². The minimum absolute atomic E-state index is 0.0402. The predicted octanol–water partition coefficient (Wildman–Crippen LogP) is 1.02. The molecule has 0 unspecified atom stereocenters. The van der Waals surface area contributed by atoms with E-state index in [2.05, 4.69) is 10.6 Å². The molecular formula is C10H17N3O. The van der Waals surface area contributed by atoms with Gasteiger partial charge in [0.05, 0.1) is 6.67 Å². The third kappa shape index (κ3) is 1.69. The van der Waals surface area contributed by atoms with Crippen molar-refractivity contribution >= 4 is 6.03 Å². The van der Waals surface area contributed by atoms with Crippen LogP contribution in [0.15, 0.2) is 11.3 Å². The zero-order valence-electron chi connectivity index (χ0n) is 8.60. The van der Waals surface area contributed by atoms with Gasteiger partial charge in [-0.1, -0.05) is 0 Å². The minimum Gasteiger partial charge on any atom is -0.371 e. The maximum atomic E-state index is 11.5. The third-order valence-corrected chi connectivity index (χ3v) is 2.81. The number of hydrogen-bond donors (Lipinski definition) is 2. The fourth-order valence-corrected chi connectivity index (χ4v) is 2.08. The van der Waals surface area contributed by atoms with Gasteiger partial charge in [-0.2, -0.15) is 0 Å². The van der Waals surface area contributed by atoms with Gasteiger partial charge < -0.3 is 15.5 Å². The molecule has 0 spiro atoms. The Morgan fingerprint density at radius 1 is 1.57 bits per heavy atom. The van der Waals surface area contributed by atoms with Gasteiger partial charge in [-0.05, 0) is 31.8 Å². The Morgan fingerprint density at radius 2 is 2.43 bits per heavy atom. The Bertz CT molecular complexity index is 273. The first-order valence-electron chi connectivity index (χ1n) is 5.29. The van der Waals surface area contributed by atoms with E-state index in [-0.39, 0.29) is 6.03 Å². The lowest BCUT2D eigenvalue weighted by Gasteiger charge is -2.29. The molecule has 0 bridgehead atoms. The highest BCUT2D eigenvalue weighted by atomic mass is 16.2. The molecule has 1 heterocycles. The Balaban J connectivity index is 1.96. The van der Waals surface area contributed by atoms with Gasteiger partial charge in [-0.3, -0.25) is 0 Å². The predicted molar refractivity (Wildman–Crippen MR) is 54.7 cm³/mol. The second kappa shape index (κ2) is 3.90. The van der Waals surface area contributed by atoms with Crippen LogP contribution in [0.4, 0.5) is 4.79 Å². The van der Waals surface area contributed by atoms with Crippen molar-refractivity contribution < 1.29 is 4.79 Å². The van der Waals surface area contributed by atoms with Crippen LogP contribution in [-0.4, -0.2) is 30.7 Å². The van der Waals surface area contributed by atoms with Crippen molar-refractivity contribution in [2.45, 2.75) is 26.2 Å². The van der Waals surface area contributed by atoms with Gasteiger partial charge in [0.15, 0.2) is 0 Å². The van der Waals surface area contributed by atoms with Crippen molar-refractivity contribution in [2.24, 2.45) is 0 Å². The van der Waals surface area contributed by atoms with Gasteiger partial charge in [0.1, 0.15) is 0 Å². The van der Waals surface area contributed by atoms with Crippen LogP contribution in [0.3, 0.4) is 0 Å². The molecule has 0 atom stereocenters. The monoisotopic (exact) mass is 195 g/mol. The SMILES string of the molecule is CCNC(=O)N1CNC2=C(CCC2)C1. The van der Waals surface area contributed by atoms with E-state index in [1.165, 1.54) is 24.1 Å². The highest BCUT2D eigenvalue weighted by Gasteiger charge is 2.24. The summed E-state index contributed by atoms with van der Waals surface area (Å²) < 4.78 is 0. The molecule has 0 aromatic rings. The number of rotatable bonds is 1. The van der Waals surface area contributed by atoms with E-state index < -0.39 is 0 Å². The molecule has 0 saturated heterocycles. The summed E-state index contributed by atoms with van der Waals surface area (Å²) in [5.41, 5.74) is 2.80.